The fourth-order valence-corrected chi connectivity index (χ4v) is 3.91. The SMILES string of the molecule is COc1ccc2ccccc2c1C1NC(=O)N(C)C2=C1C(=O)CCC2. The van der Waals surface area contributed by atoms with Crippen molar-refractivity contribution in [1.82, 2.24) is 10.2 Å². The van der Waals surface area contributed by atoms with E-state index in [1.807, 2.05) is 36.4 Å². The summed E-state index contributed by atoms with van der Waals surface area (Å²) in [6, 6.07) is 11.2. The summed E-state index contributed by atoms with van der Waals surface area (Å²) < 4.78 is 5.58. The average Bonchev–Trinajstić information content (AvgIpc) is 2.64. The second kappa shape index (κ2) is 5.92. The molecule has 1 N–H and O–H groups in total. The van der Waals surface area contributed by atoms with E-state index in [2.05, 4.69) is 5.32 Å². The molecule has 5 heteroatoms. The fraction of sp³-hybridized carbons (Fsp3) is 0.300. The van der Waals surface area contributed by atoms with Crippen LogP contribution in [-0.2, 0) is 4.79 Å². The van der Waals surface area contributed by atoms with Crippen LogP contribution in [0.2, 0.25) is 0 Å². The molecular weight excluding hydrogens is 316 g/mol. The molecule has 128 valence electrons. The lowest BCUT2D eigenvalue weighted by Crippen LogP contribution is -2.47. The van der Waals surface area contributed by atoms with Crippen LogP contribution in [-0.4, -0.2) is 30.9 Å². The predicted octanol–water partition coefficient (Wildman–Crippen LogP) is 3.55. The summed E-state index contributed by atoms with van der Waals surface area (Å²) in [6.45, 7) is 0. The zero-order valence-corrected chi connectivity index (χ0v) is 14.3. The Morgan fingerprint density at radius 3 is 2.72 bits per heavy atom. The van der Waals surface area contributed by atoms with Crippen LogP contribution < -0.4 is 10.1 Å². The molecule has 1 aliphatic heterocycles. The maximum atomic E-state index is 12.7. The van der Waals surface area contributed by atoms with Crippen LogP contribution in [0.5, 0.6) is 5.75 Å². The van der Waals surface area contributed by atoms with Gasteiger partial charge in [0.15, 0.2) is 5.78 Å². The van der Waals surface area contributed by atoms with Gasteiger partial charge in [0.2, 0.25) is 0 Å². The van der Waals surface area contributed by atoms with E-state index in [4.69, 9.17) is 4.74 Å². The largest absolute Gasteiger partial charge is 0.496 e. The molecule has 2 aromatic carbocycles. The fourth-order valence-electron chi connectivity index (χ4n) is 3.91. The summed E-state index contributed by atoms with van der Waals surface area (Å²) in [5.41, 5.74) is 2.38. The number of ketones is 1. The Morgan fingerprint density at radius 2 is 1.92 bits per heavy atom. The quantitative estimate of drug-likeness (QED) is 0.912. The number of methoxy groups -OCH3 is 1. The number of hydrogen-bond acceptors (Lipinski definition) is 3. The Morgan fingerprint density at radius 1 is 1.12 bits per heavy atom. The summed E-state index contributed by atoms with van der Waals surface area (Å²) >= 11 is 0. The van der Waals surface area contributed by atoms with Crippen LogP contribution in [0.15, 0.2) is 47.7 Å². The van der Waals surface area contributed by atoms with E-state index in [1.54, 1.807) is 19.1 Å². The van der Waals surface area contributed by atoms with Crippen LogP contribution in [0.1, 0.15) is 30.9 Å². The van der Waals surface area contributed by atoms with Gasteiger partial charge in [0, 0.05) is 30.3 Å². The molecule has 0 aromatic heterocycles. The Bertz CT molecular complexity index is 916. The molecule has 2 amide bonds. The highest BCUT2D eigenvalue weighted by atomic mass is 16.5. The van der Waals surface area contributed by atoms with Gasteiger partial charge >= 0.3 is 6.03 Å². The molecule has 25 heavy (non-hydrogen) atoms. The summed E-state index contributed by atoms with van der Waals surface area (Å²) in [7, 11) is 3.34. The summed E-state index contributed by atoms with van der Waals surface area (Å²) in [5.74, 6) is 0.784. The van der Waals surface area contributed by atoms with Crippen LogP contribution in [0.4, 0.5) is 4.79 Å². The Balaban J connectivity index is 2.00. The van der Waals surface area contributed by atoms with E-state index >= 15 is 0 Å². The zero-order chi connectivity index (χ0) is 17.6. The monoisotopic (exact) mass is 336 g/mol. The molecule has 0 spiro atoms. The molecule has 0 fully saturated rings. The number of carbonyl (C=O) groups excluding carboxylic acids is 2. The molecule has 2 aliphatic rings. The molecule has 1 atom stereocenters. The van der Waals surface area contributed by atoms with Crippen LogP contribution >= 0.6 is 0 Å². The Kier molecular flexibility index (Phi) is 3.71. The van der Waals surface area contributed by atoms with Crippen molar-refractivity contribution in [2.75, 3.05) is 14.2 Å². The van der Waals surface area contributed by atoms with Gasteiger partial charge in [0.25, 0.3) is 0 Å². The molecule has 1 aliphatic carbocycles. The van der Waals surface area contributed by atoms with Gasteiger partial charge in [0.1, 0.15) is 5.75 Å². The second-order valence-electron chi connectivity index (χ2n) is 6.48. The first-order valence-electron chi connectivity index (χ1n) is 8.48. The predicted molar refractivity (Wildman–Crippen MR) is 95.4 cm³/mol. The molecule has 0 saturated carbocycles. The molecule has 0 saturated heterocycles. The Labute approximate surface area is 146 Å². The minimum Gasteiger partial charge on any atom is -0.496 e. The number of allylic oxidation sites excluding steroid dienone is 1. The maximum Gasteiger partial charge on any atom is 0.322 e. The van der Waals surface area contributed by atoms with Crippen molar-refractivity contribution >= 4 is 22.6 Å². The number of ether oxygens (including phenoxy) is 1. The van der Waals surface area contributed by atoms with E-state index in [1.165, 1.54) is 0 Å². The number of urea groups is 1. The van der Waals surface area contributed by atoms with Crippen molar-refractivity contribution in [3.63, 3.8) is 0 Å². The highest BCUT2D eigenvalue weighted by Crippen LogP contribution is 2.42. The topological polar surface area (TPSA) is 58.6 Å². The third-order valence-electron chi connectivity index (χ3n) is 5.13. The highest BCUT2D eigenvalue weighted by molar-refractivity contribution is 6.02. The molecule has 0 bridgehead atoms. The zero-order valence-electron chi connectivity index (χ0n) is 14.3. The van der Waals surface area contributed by atoms with E-state index in [0.717, 1.165) is 34.9 Å². The van der Waals surface area contributed by atoms with Crippen molar-refractivity contribution in [2.24, 2.45) is 0 Å². The van der Waals surface area contributed by atoms with Crippen molar-refractivity contribution in [3.05, 3.63) is 53.2 Å². The molecule has 2 aromatic rings. The van der Waals surface area contributed by atoms with E-state index in [9.17, 15) is 9.59 Å². The molecule has 5 nitrogen and oxygen atoms in total. The average molecular weight is 336 g/mol. The van der Waals surface area contributed by atoms with E-state index in [0.29, 0.717) is 17.7 Å². The minimum atomic E-state index is -0.479. The van der Waals surface area contributed by atoms with Crippen LogP contribution in [0, 0.1) is 0 Å². The number of amides is 2. The molecule has 1 heterocycles. The smallest absolute Gasteiger partial charge is 0.322 e. The molecular formula is C20H20N2O3. The van der Waals surface area contributed by atoms with Gasteiger partial charge in [-0.1, -0.05) is 30.3 Å². The maximum absolute atomic E-state index is 12.7. The molecule has 0 radical (unpaired) electrons. The van der Waals surface area contributed by atoms with Crippen molar-refractivity contribution < 1.29 is 14.3 Å². The number of rotatable bonds is 2. The highest BCUT2D eigenvalue weighted by Gasteiger charge is 2.39. The molecule has 4 rings (SSSR count). The van der Waals surface area contributed by atoms with Crippen LogP contribution in [0.3, 0.4) is 0 Å². The lowest BCUT2D eigenvalue weighted by atomic mass is 9.83. The van der Waals surface area contributed by atoms with Gasteiger partial charge in [-0.2, -0.15) is 0 Å². The standard InChI is InChI=1S/C20H20N2O3/c1-22-14-8-5-9-15(23)18(14)19(21-20(22)24)17-13-7-4-3-6-12(13)10-11-16(17)25-2/h3-4,6-7,10-11,19H,5,8-9H2,1-2H3,(H,21,24). The van der Waals surface area contributed by atoms with Gasteiger partial charge in [-0.25, -0.2) is 4.79 Å². The number of hydrogen-bond donors (Lipinski definition) is 1. The Hall–Kier alpha value is -2.82. The van der Waals surface area contributed by atoms with Gasteiger partial charge < -0.3 is 15.0 Å². The third-order valence-corrected chi connectivity index (χ3v) is 5.13. The van der Waals surface area contributed by atoms with E-state index < -0.39 is 6.04 Å². The van der Waals surface area contributed by atoms with Gasteiger partial charge in [-0.05, 0) is 29.7 Å². The number of fused-ring (bicyclic) bond motifs is 1. The number of nitrogens with zero attached hydrogens (tertiary/aromatic N) is 1. The number of carbonyl (C=O) groups is 2. The first-order valence-corrected chi connectivity index (χ1v) is 8.48. The number of nitrogens with one attached hydrogen (secondary N) is 1. The normalized spacial score (nSPS) is 20.6. The van der Waals surface area contributed by atoms with Crippen LogP contribution in [0.25, 0.3) is 10.8 Å². The lowest BCUT2D eigenvalue weighted by Gasteiger charge is -2.37. The van der Waals surface area contributed by atoms with Crippen molar-refractivity contribution in [3.8, 4) is 5.75 Å². The minimum absolute atomic E-state index is 0.105. The first-order chi connectivity index (χ1) is 12.1. The number of Topliss-reactive ketones (excluding diaryl/α,β-unsaturated/α-hetero) is 1. The van der Waals surface area contributed by atoms with Crippen molar-refractivity contribution in [2.45, 2.75) is 25.3 Å². The number of benzene rings is 2. The van der Waals surface area contributed by atoms with Gasteiger partial charge in [-0.3, -0.25) is 4.79 Å². The summed E-state index contributed by atoms with van der Waals surface area (Å²) in [4.78, 5) is 26.8. The van der Waals surface area contributed by atoms with Gasteiger partial charge in [-0.15, -0.1) is 0 Å². The third kappa shape index (κ3) is 2.38. The lowest BCUT2D eigenvalue weighted by molar-refractivity contribution is -0.116. The van der Waals surface area contributed by atoms with Crippen molar-refractivity contribution in [1.29, 1.82) is 0 Å². The summed E-state index contributed by atoms with van der Waals surface area (Å²) in [5, 5.41) is 5.05. The second-order valence-corrected chi connectivity index (χ2v) is 6.48. The van der Waals surface area contributed by atoms with E-state index in [-0.39, 0.29) is 11.8 Å². The first kappa shape index (κ1) is 15.7. The summed E-state index contributed by atoms with van der Waals surface area (Å²) in [6.07, 6.45) is 2.05. The molecule has 1 unspecified atom stereocenters. The van der Waals surface area contributed by atoms with Gasteiger partial charge in [0.05, 0.1) is 13.2 Å².